The normalized spacial score (nSPS) is 19.7. The van der Waals surface area contributed by atoms with E-state index in [1.165, 1.54) is 0 Å². The molecule has 2 aromatic heterocycles. The van der Waals surface area contributed by atoms with Crippen molar-refractivity contribution in [3.63, 3.8) is 0 Å². The summed E-state index contributed by atoms with van der Waals surface area (Å²) in [7, 11) is 3.70. The summed E-state index contributed by atoms with van der Waals surface area (Å²) < 4.78 is 2.03. The number of rotatable bonds is 5. The van der Waals surface area contributed by atoms with Crippen LogP contribution in [0, 0.1) is 5.92 Å². The fourth-order valence-corrected chi connectivity index (χ4v) is 4.42. The number of hydrazone groups is 1. The third-order valence-electron chi connectivity index (χ3n) is 5.50. The molecule has 0 N–H and O–H groups in total. The van der Waals surface area contributed by atoms with Crippen LogP contribution in [-0.4, -0.2) is 45.6 Å². The minimum absolute atomic E-state index is 0.0669. The number of carbonyl (C=O) groups is 2. The SMILES string of the molecule is CN(CC(=O)N1N=C(c2cccs2)CC1c1cccn1C)C(=O)C1CCC1. The lowest BCUT2D eigenvalue weighted by Gasteiger charge is -2.30. The monoisotopic (exact) mass is 384 g/mol. The van der Waals surface area contributed by atoms with Crippen LogP contribution in [0.15, 0.2) is 40.9 Å². The Morgan fingerprint density at radius 2 is 2.11 bits per heavy atom. The van der Waals surface area contributed by atoms with Crippen molar-refractivity contribution in [2.75, 3.05) is 13.6 Å². The first-order valence-corrected chi connectivity index (χ1v) is 10.2. The van der Waals surface area contributed by atoms with Crippen LogP contribution in [0.5, 0.6) is 0 Å². The van der Waals surface area contributed by atoms with E-state index in [0.717, 1.165) is 35.5 Å². The van der Waals surface area contributed by atoms with Crippen molar-refractivity contribution in [2.24, 2.45) is 18.1 Å². The zero-order valence-corrected chi connectivity index (χ0v) is 16.5. The van der Waals surface area contributed by atoms with Crippen molar-refractivity contribution in [3.05, 3.63) is 46.4 Å². The second-order valence-corrected chi connectivity index (χ2v) is 8.30. The molecule has 0 spiro atoms. The number of amides is 2. The van der Waals surface area contributed by atoms with Gasteiger partial charge in [0.1, 0.15) is 12.6 Å². The highest BCUT2D eigenvalue weighted by molar-refractivity contribution is 7.12. The van der Waals surface area contributed by atoms with Gasteiger partial charge in [-0.15, -0.1) is 11.3 Å². The third-order valence-corrected chi connectivity index (χ3v) is 6.42. The minimum Gasteiger partial charge on any atom is -0.353 e. The molecule has 2 aliphatic rings. The molecule has 1 fully saturated rings. The van der Waals surface area contributed by atoms with E-state index in [1.807, 2.05) is 47.5 Å². The van der Waals surface area contributed by atoms with Gasteiger partial charge in [-0.1, -0.05) is 12.5 Å². The maximum absolute atomic E-state index is 13.0. The molecule has 2 aromatic rings. The van der Waals surface area contributed by atoms with Crippen molar-refractivity contribution >= 4 is 28.9 Å². The Bertz CT molecular complexity index is 866. The number of hydrogen-bond acceptors (Lipinski definition) is 4. The zero-order chi connectivity index (χ0) is 19.0. The van der Waals surface area contributed by atoms with Gasteiger partial charge >= 0.3 is 0 Å². The van der Waals surface area contributed by atoms with E-state index in [9.17, 15) is 9.59 Å². The van der Waals surface area contributed by atoms with Gasteiger partial charge in [-0.3, -0.25) is 9.59 Å². The first-order valence-electron chi connectivity index (χ1n) is 9.34. The average Bonchev–Trinajstić information content (AvgIpc) is 3.32. The summed E-state index contributed by atoms with van der Waals surface area (Å²) in [5.41, 5.74) is 1.98. The van der Waals surface area contributed by atoms with E-state index in [2.05, 4.69) is 5.10 Å². The predicted molar refractivity (Wildman–Crippen MR) is 105 cm³/mol. The van der Waals surface area contributed by atoms with E-state index >= 15 is 0 Å². The number of aromatic nitrogens is 1. The van der Waals surface area contributed by atoms with Crippen molar-refractivity contribution in [3.8, 4) is 0 Å². The number of thiophene rings is 1. The molecule has 0 bridgehead atoms. The molecule has 2 amide bonds. The molecule has 0 radical (unpaired) electrons. The van der Waals surface area contributed by atoms with Gasteiger partial charge in [0, 0.05) is 38.3 Å². The van der Waals surface area contributed by atoms with E-state index in [4.69, 9.17) is 0 Å². The molecule has 0 saturated heterocycles. The number of aryl methyl sites for hydroxylation is 1. The highest BCUT2D eigenvalue weighted by Gasteiger charge is 2.36. The van der Waals surface area contributed by atoms with E-state index in [1.54, 1.807) is 28.3 Å². The number of likely N-dealkylation sites (N-methyl/N-ethyl adjacent to an activating group) is 1. The van der Waals surface area contributed by atoms with E-state index < -0.39 is 0 Å². The van der Waals surface area contributed by atoms with Crippen LogP contribution in [-0.2, 0) is 16.6 Å². The lowest BCUT2D eigenvalue weighted by atomic mass is 9.84. The third kappa shape index (κ3) is 3.43. The molecule has 6 nitrogen and oxygen atoms in total. The maximum atomic E-state index is 13.0. The van der Waals surface area contributed by atoms with Crippen LogP contribution in [0.4, 0.5) is 0 Å². The molecule has 1 unspecified atom stereocenters. The van der Waals surface area contributed by atoms with Gasteiger partial charge < -0.3 is 9.47 Å². The molecule has 3 heterocycles. The number of nitrogens with zero attached hydrogens (tertiary/aromatic N) is 4. The molecular formula is C20H24N4O2S. The first kappa shape index (κ1) is 18.0. The van der Waals surface area contributed by atoms with Crippen molar-refractivity contribution in [2.45, 2.75) is 31.7 Å². The minimum atomic E-state index is -0.137. The predicted octanol–water partition coefficient (Wildman–Crippen LogP) is 3.02. The number of carbonyl (C=O) groups excluding carboxylic acids is 2. The van der Waals surface area contributed by atoms with E-state index in [-0.39, 0.29) is 30.3 Å². The van der Waals surface area contributed by atoms with Crippen LogP contribution >= 0.6 is 11.3 Å². The summed E-state index contributed by atoms with van der Waals surface area (Å²) >= 11 is 1.63. The first-order chi connectivity index (χ1) is 13.0. The van der Waals surface area contributed by atoms with Crippen LogP contribution in [0.2, 0.25) is 0 Å². The molecule has 1 atom stereocenters. The molecular weight excluding hydrogens is 360 g/mol. The summed E-state index contributed by atoms with van der Waals surface area (Å²) in [5.74, 6) is 0.0323. The maximum Gasteiger partial charge on any atom is 0.262 e. The van der Waals surface area contributed by atoms with Gasteiger partial charge in [0.05, 0.1) is 10.6 Å². The second-order valence-electron chi connectivity index (χ2n) is 7.35. The van der Waals surface area contributed by atoms with Crippen LogP contribution < -0.4 is 0 Å². The van der Waals surface area contributed by atoms with Gasteiger partial charge in [0.25, 0.3) is 5.91 Å². The van der Waals surface area contributed by atoms with Crippen LogP contribution in [0.1, 0.15) is 42.3 Å². The second kappa shape index (κ2) is 7.31. The van der Waals surface area contributed by atoms with Gasteiger partial charge in [0.2, 0.25) is 5.91 Å². The average molecular weight is 385 g/mol. The van der Waals surface area contributed by atoms with Crippen molar-refractivity contribution < 1.29 is 9.59 Å². The molecule has 1 aliphatic heterocycles. The molecule has 0 aromatic carbocycles. The van der Waals surface area contributed by atoms with Gasteiger partial charge in [0.15, 0.2) is 0 Å². The molecule has 1 saturated carbocycles. The Kier molecular flexibility index (Phi) is 4.86. The molecule has 142 valence electrons. The fraction of sp³-hybridized carbons (Fsp3) is 0.450. The largest absolute Gasteiger partial charge is 0.353 e. The topological polar surface area (TPSA) is 57.9 Å². The smallest absolute Gasteiger partial charge is 0.262 e. The molecule has 1 aliphatic carbocycles. The quantitative estimate of drug-likeness (QED) is 0.796. The Morgan fingerprint density at radius 3 is 2.70 bits per heavy atom. The summed E-state index contributed by atoms with van der Waals surface area (Å²) in [5, 5.41) is 8.26. The summed E-state index contributed by atoms with van der Waals surface area (Å²) in [4.78, 5) is 28.1. The highest BCUT2D eigenvalue weighted by atomic mass is 32.1. The van der Waals surface area contributed by atoms with Gasteiger partial charge in [-0.2, -0.15) is 5.10 Å². The molecule has 4 rings (SSSR count). The standard InChI is InChI=1S/C20H24N4O2S/c1-22-10-4-8-16(22)17-12-15(18-9-5-11-27-18)21-24(17)19(25)13-23(2)20(26)14-6-3-7-14/h4-5,8-11,14,17H,3,6-7,12-13H2,1-2H3. The van der Waals surface area contributed by atoms with Gasteiger partial charge in [-0.05, 0) is 36.4 Å². The van der Waals surface area contributed by atoms with Gasteiger partial charge in [-0.25, -0.2) is 5.01 Å². The van der Waals surface area contributed by atoms with Crippen LogP contribution in [0.25, 0.3) is 0 Å². The van der Waals surface area contributed by atoms with Crippen molar-refractivity contribution in [1.82, 2.24) is 14.5 Å². The van der Waals surface area contributed by atoms with Crippen LogP contribution in [0.3, 0.4) is 0 Å². The lowest BCUT2D eigenvalue weighted by molar-refractivity contribution is -0.144. The Labute approximate surface area is 163 Å². The zero-order valence-electron chi connectivity index (χ0n) is 15.7. The van der Waals surface area contributed by atoms with Crippen molar-refractivity contribution in [1.29, 1.82) is 0 Å². The fourth-order valence-electron chi connectivity index (χ4n) is 3.70. The Morgan fingerprint density at radius 1 is 1.30 bits per heavy atom. The molecule has 27 heavy (non-hydrogen) atoms. The summed E-state index contributed by atoms with van der Waals surface area (Å²) in [6.07, 6.45) is 5.65. The lowest BCUT2D eigenvalue weighted by Crippen LogP contribution is -2.43. The summed E-state index contributed by atoms with van der Waals surface area (Å²) in [6, 6.07) is 7.90. The Hall–Kier alpha value is -2.41. The highest BCUT2D eigenvalue weighted by Crippen LogP contribution is 2.34. The summed E-state index contributed by atoms with van der Waals surface area (Å²) in [6.45, 7) is 0.0669. The number of hydrogen-bond donors (Lipinski definition) is 0. The van der Waals surface area contributed by atoms with E-state index in [0.29, 0.717) is 6.42 Å². The molecule has 7 heteroatoms. The Balaban J connectivity index is 1.55.